The molecule has 0 bridgehead atoms. The van der Waals surface area contributed by atoms with Crippen LogP contribution in [0.3, 0.4) is 0 Å². The van der Waals surface area contributed by atoms with Crippen LogP contribution in [0.2, 0.25) is 5.02 Å². The Bertz CT molecular complexity index is 704. The molecule has 0 radical (unpaired) electrons. The smallest absolute Gasteiger partial charge is 0.262 e. The first-order valence-corrected chi connectivity index (χ1v) is 7.40. The Hall–Kier alpha value is -2.05. The van der Waals surface area contributed by atoms with Crippen molar-refractivity contribution in [2.75, 3.05) is 11.9 Å². The van der Waals surface area contributed by atoms with Crippen LogP contribution in [0.15, 0.2) is 46.9 Å². The van der Waals surface area contributed by atoms with Crippen molar-refractivity contribution in [2.45, 2.75) is 0 Å². The van der Waals surface area contributed by atoms with Gasteiger partial charge < -0.3 is 15.8 Å². The molecule has 5 nitrogen and oxygen atoms in total. The van der Waals surface area contributed by atoms with E-state index in [1.54, 1.807) is 30.3 Å². The van der Waals surface area contributed by atoms with Gasteiger partial charge in [0, 0.05) is 16.3 Å². The normalized spacial score (nSPS) is 10.1. The quantitative estimate of drug-likeness (QED) is 0.832. The number of benzene rings is 2. The largest absolute Gasteiger partial charge is 0.483 e. The lowest BCUT2D eigenvalue weighted by Crippen LogP contribution is -2.20. The second-order valence-electron chi connectivity index (χ2n) is 4.35. The Morgan fingerprint density at radius 1 is 1.18 bits per heavy atom. The van der Waals surface area contributed by atoms with Gasteiger partial charge in [0.1, 0.15) is 5.75 Å². The third-order valence-corrected chi connectivity index (χ3v) is 3.56. The van der Waals surface area contributed by atoms with Crippen LogP contribution in [0.25, 0.3) is 0 Å². The first kappa shape index (κ1) is 16.3. The minimum absolute atomic E-state index is 0.155. The maximum atomic E-state index is 11.8. The molecule has 0 aliphatic heterocycles. The van der Waals surface area contributed by atoms with Crippen molar-refractivity contribution in [3.05, 3.63) is 57.5 Å². The zero-order valence-corrected chi connectivity index (χ0v) is 13.6. The van der Waals surface area contributed by atoms with Crippen LogP contribution in [0.4, 0.5) is 5.69 Å². The molecule has 0 spiro atoms. The number of nitrogens with two attached hydrogens (primary N) is 1. The highest BCUT2D eigenvalue weighted by molar-refractivity contribution is 9.10. The van der Waals surface area contributed by atoms with Gasteiger partial charge in [-0.1, -0.05) is 11.6 Å². The predicted octanol–water partition coefficient (Wildman–Crippen LogP) is 3.22. The van der Waals surface area contributed by atoms with Gasteiger partial charge >= 0.3 is 0 Å². The lowest BCUT2D eigenvalue weighted by molar-refractivity contribution is -0.118. The summed E-state index contributed by atoms with van der Waals surface area (Å²) in [4.78, 5) is 22.8. The Labute approximate surface area is 140 Å². The molecule has 2 amide bonds. The molecule has 2 aromatic rings. The van der Waals surface area contributed by atoms with Crippen molar-refractivity contribution in [1.82, 2.24) is 0 Å². The molecule has 0 fully saturated rings. The van der Waals surface area contributed by atoms with E-state index in [-0.39, 0.29) is 12.5 Å². The summed E-state index contributed by atoms with van der Waals surface area (Å²) in [6.45, 7) is -0.155. The molecule has 0 heterocycles. The Kier molecular flexibility index (Phi) is 5.41. The number of carbonyl (C=O) groups excluding carboxylic acids is 2. The molecule has 22 heavy (non-hydrogen) atoms. The highest BCUT2D eigenvalue weighted by Crippen LogP contribution is 2.27. The van der Waals surface area contributed by atoms with E-state index in [1.165, 1.54) is 12.1 Å². The number of anilines is 1. The van der Waals surface area contributed by atoms with Crippen LogP contribution in [0.5, 0.6) is 5.75 Å². The van der Waals surface area contributed by atoms with E-state index in [0.717, 1.165) is 0 Å². The predicted molar refractivity (Wildman–Crippen MR) is 88.2 cm³/mol. The lowest BCUT2D eigenvalue weighted by atomic mass is 10.2. The van der Waals surface area contributed by atoms with E-state index >= 15 is 0 Å². The van der Waals surface area contributed by atoms with E-state index in [2.05, 4.69) is 21.2 Å². The zero-order chi connectivity index (χ0) is 16.1. The van der Waals surface area contributed by atoms with Gasteiger partial charge in [-0.2, -0.15) is 0 Å². The molecule has 0 aromatic heterocycles. The van der Waals surface area contributed by atoms with Crippen molar-refractivity contribution in [3.8, 4) is 5.75 Å². The van der Waals surface area contributed by atoms with Gasteiger partial charge in [-0.15, -0.1) is 0 Å². The standard InChI is InChI=1S/C15H12BrClN2O3/c16-12-7-10(17)3-6-13(12)22-8-14(20)19-11-4-1-9(2-5-11)15(18)21/h1-7H,8H2,(H2,18,21)(H,19,20). The minimum Gasteiger partial charge on any atom is -0.483 e. The van der Waals surface area contributed by atoms with Gasteiger partial charge in [-0.3, -0.25) is 9.59 Å². The summed E-state index contributed by atoms with van der Waals surface area (Å²) in [6, 6.07) is 11.3. The molecule has 0 unspecified atom stereocenters. The maximum absolute atomic E-state index is 11.8. The van der Waals surface area contributed by atoms with E-state index in [0.29, 0.717) is 26.5 Å². The summed E-state index contributed by atoms with van der Waals surface area (Å²) in [5, 5.41) is 3.22. The van der Waals surface area contributed by atoms with Gasteiger partial charge in [0.25, 0.3) is 5.91 Å². The van der Waals surface area contributed by atoms with Crippen LogP contribution in [-0.4, -0.2) is 18.4 Å². The highest BCUT2D eigenvalue weighted by atomic mass is 79.9. The van der Waals surface area contributed by atoms with Gasteiger partial charge in [-0.25, -0.2) is 0 Å². The topological polar surface area (TPSA) is 81.4 Å². The molecule has 7 heteroatoms. The van der Waals surface area contributed by atoms with E-state index in [1.807, 2.05) is 0 Å². The SMILES string of the molecule is NC(=O)c1ccc(NC(=O)COc2ccc(Cl)cc2Br)cc1. The lowest BCUT2D eigenvalue weighted by Gasteiger charge is -2.09. The van der Waals surface area contributed by atoms with Gasteiger partial charge in [0.2, 0.25) is 5.91 Å². The average Bonchev–Trinajstić information content (AvgIpc) is 2.47. The molecule has 0 saturated heterocycles. The Morgan fingerprint density at radius 3 is 2.45 bits per heavy atom. The van der Waals surface area contributed by atoms with Gasteiger partial charge in [-0.05, 0) is 58.4 Å². The monoisotopic (exact) mass is 382 g/mol. The van der Waals surface area contributed by atoms with E-state index < -0.39 is 5.91 Å². The van der Waals surface area contributed by atoms with Crippen molar-refractivity contribution in [1.29, 1.82) is 0 Å². The summed E-state index contributed by atoms with van der Waals surface area (Å²) < 4.78 is 6.06. The fraction of sp³-hybridized carbons (Fsp3) is 0.0667. The first-order valence-electron chi connectivity index (χ1n) is 6.23. The molecule has 0 atom stereocenters. The molecule has 0 aliphatic carbocycles. The summed E-state index contributed by atoms with van der Waals surface area (Å²) in [6.07, 6.45) is 0. The fourth-order valence-electron chi connectivity index (χ4n) is 1.65. The molecule has 3 N–H and O–H groups in total. The molecule has 0 saturated carbocycles. The van der Waals surface area contributed by atoms with Gasteiger partial charge in [0.15, 0.2) is 6.61 Å². The zero-order valence-electron chi connectivity index (χ0n) is 11.3. The average molecular weight is 384 g/mol. The number of halogens is 2. The number of primary amides is 1. The molecule has 2 rings (SSSR count). The van der Waals surface area contributed by atoms with Crippen molar-refractivity contribution in [3.63, 3.8) is 0 Å². The fourth-order valence-corrected chi connectivity index (χ4v) is 2.45. The maximum Gasteiger partial charge on any atom is 0.262 e. The van der Waals surface area contributed by atoms with Crippen molar-refractivity contribution in [2.24, 2.45) is 5.73 Å². The highest BCUT2D eigenvalue weighted by Gasteiger charge is 2.07. The van der Waals surface area contributed by atoms with Gasteiger partial charge in [0.05, 0.1) is 4.47 Å². The minimum atomic E-state index is -0.520. The third kappa shape index (κ3) is 4.47. The molecule has 0 aliphatic rings. The summed E-state index contributed by atoms with van der Waals surface area (Å²) >= 11 is 9.12. The van der Waals surface area contributed by atoms with Crippen LogP contribution in [-0.2, 0) is 4.79 Å². The number of ether oxygens (including phenoxy) is 1. The number of hydrogen-bond donors (Lipinski definition) is 2. The molecule has 2 aromatic carbocycles. The van der Waals surface area contributed by atoms with Crippen LogP contribution < -0.4 is 15.8 Å². The first-order chi connectivity index (χ1) is 10.5. The second kappa shape index (κ2) is 7.29. The van der Waals surface area contributed by atoms with Crippen LogP contribution in [0.1, 0.15) is 10.4 Å². The molecule has 114 valence electrons. The van der Waals surface area contributed by atoms with Crippen LogP contribution in [0, 0.1) is 0 Å². The molecular weight excluding hydrogens is 372 g/mol. The van der Waals surface area contributed by atoms with E-state index in [9.17, 15) is 9.59 Å². The third-order valence-electron chi connectivity index (χ3n) is 2.71. The molecular formula is C15H12BrClN2O3. The summed E-state index contributed by atoms with van der Waals surface area (Å²) in [5.41, 5.74) is 6.07. The number of rotatable bonds is 5. The number of nitrogens with one attached hydrogen (secondary N) is 1. The van der Waals surface area contributed by atoms with E-state index in [4.69, 9.17) is 22.1 Å². The summed E-state index contributed by atoms with van der Waals surface area (Å²) in [7, 11) is 0. The van der Waals surface area contributed by atoms with Crippen molar-refractivity contribution >= 4 is 45.0 Å². The number of carbonyl (C=O) groups is 2. The Balaban J connectivity index is 1.91. The summed E-state index contributed by atoms with van der Waals surface area (Å²) in [5.74, 6) is -0.328. The second-order valence-corrected chi connectivity index (χ2v) is 5.64. The van der Waals surface area contributed by atoms with Crippen molar-refractivity contribution < 1.29 is 14.3 Å². The number of amides is 2. The van der Waals surface area contributed by atoms with Crippen LogP contribution >= 0.6 is 27.5 Å². The Morgan fingerprint density at radius 2 is 1.86 bits per heavy atom. The number of hydrogen-bond acceptors (Lipinski definition) is 3.